The number of piperidine rings is 1. The summed E-state index contributed by atoms with van der Waals surface area (Å²) in [7, 11) is 1.85. The first-order valence-electron chi connectivity index (χ1n) is 6.69. The fourth-order valence-corrected chi connectivity index (χ4v) is 2.03. The van der Waals surface area contributed by atoms with Crippen LogP contribution in [0.15, 0.2) is 0 Å². The lowest BCUT2D eigenvalue weighted by molar-refractivity contribution is -0.136. The smallest absolute Gasteiger partial charge is 0.239 e. The summed E-state index contributed by atoms with van der Waals surface area (Å²) in [6.45, 7) is 7.45. The Balaban J connectivity index is 2.15. The van der Waals surface area contributed by atoms with Crippen molar-refractivity contribution in [2.45, 2.75) is 39.2 Å². The summed E-state index contributed by atoms with van der Waals surface area (Å²) >= 11 is 0. The number of carbonyl (C=O) groups is 1. The van der Waals surface area contributed by atoms with Crippen LogP contribution in [0.3, 0.4) is 0 Å². The number of hydrogen-bond donors (Lipinski definition) is 1. The molecule has 1 N–H and O–H groups in total. The Morgan fingerprint density at radius 1 is 1.47 bits per heavy atom. The van der Waals surface area contributed by atoms with Gasteiger partial charge >= 0.3 is 0 Å². The number of hydrogen-bond acceptors (Lipinski definition) is 3. The predicted molar refractivity (Wildman–Crippen MR) is 68.9 cm³/mol. The van der Waals surface area contributed by atoms with Crippen molar-refractivity contribution in [1.29, 1.82) is 0 Å². The minimum Gasteiger partial charge on any atom is -0.380 e. The Labute approximate surface area is 105 Å². The third-order valence-corrected chi connectivity index (χ3v) is 3.22. The maximum absolute atomic E-state index is 11.9. The van der Waals surface area contributed by atoms with Crippen LogP contribution >= 0.6 is 0 Å². The van der Waals surface area contributed by atoms with Crippen LogP contribution in [0.5, 0.6) is 0 Å². The zero-order valence-corrected chi connectivity index (χ0v) is 11.4. The molecule has 4 nitrogen and oxygen atoms in total. The molecule has 1 fully saturated rings. The monoisotopic (exact) mass is 242 g/mol. The van der Waals surface area contributed by atoms with Gasteiger partial charge in [0.25, 0.3) is 0 Å². The van der Waals surface area contributed by atoms with Crippen molar-refractivity contribution in [1.82, 2.24) is 10.2 Å². The summed E-state index contributed by atoms with van der Waals surface area (Å²) in [5, 5.41) is 3.07. The zero-order valence-electron chi connectivity index (χ0n) is 11.4. The fraction of sp³-hybridized carbons (Fsp3) is 0.923. The van der Waals surface area contributed by atoms with Crippen LogP contribution in [-0.4, -0.2) is 50.2 Å². The Morgan fingerprint density at radius 3 is 2.88 bits per heavy atom. The van der Waals surface area contributed by atoms with Crippen LogP contribution in [0.1, 0.15) is 33.1 Å². The second kappa shape index (κ2) is 7.67. The fourth-order valence-electron chi connectivity index (χ4n) is 2.03. The van der Waals surface area contributed by atoms with E-state index in [-0.39, 0.29) is 11.9 Å². The highest BCUT2D eigenvalue weighted by Gasteiger charge is 2.26. The molecule has 4 heteroatoms. The molecule has 0 aliphatic carbocycles. The number of rotatable bonds is 7. The van der Waals surface area contributed by atoms with E-state index in [1.807, 2.05) is 11.9 Å². The van der Waals surface area contributed by atoms with Gasteiger partial charge in [-0.25, -0.2) is 0 Å². The van der Waals surface area contributed by atoms with Crippen LogP contribution in [0.25, 0.3) is 0 Å². The molecule has 0 aromatic rings. The van der Waals surface area contributed by atoms with Crippen molar-refractivity contribution in [3.63, 3.8) is 0 Å². The molecule has 1 aliphatic heterocycles. The lowest BCUT2D eigenvalue weighted by atomic mass is 10.1. The molecule has 1 aliphatic rings. The zero-order chi connectivity index (χ0) is 12.7. The minimum absolute atomic E-state index is 0.0133. The number of likely N-dealkylation sites (N-methyl/N-ethyl adjacent to an activating group) is 1. The molecule has 1 saturated heterocycles. The number of nitrogens with one attached hydrogen (secondary N) is 1. The Bertz CT molecular complexity index is 231. The van der Waals surface area contributed by atoms with Crippen molar-refractivity contribution < 1.29 is 9.53 Å². The molecule has 1 amide bonds. The van der Waals surface area contributed by atoms with Gasteiger partial charge in [-0.15, -0.1) is 0 Å². The van der Waals surface area contributed by atoms with Crippen LogP contribution < -0.4 is 5.32 Å². The van der Waals surface area contributed by atoms with Gasteiger partial charge in [0.15, 0.2) is 0 Å². The van der Waals surface area contributed by atoms with Gasteiger partial charge in [-0.2, -0.15) is 0 Å². The van der Waals surface area contributed by atoms with E-state index in [0.717, 1.165) is 39.0 Å². The Hall–Kier alpha value is -0.610. The van der Waals surface area contributed by atoms with E-state index in [1.54, 1.807) is 0 Å². The summed E-state index contributed by atoms with van der Waals surface area (Å²) in [5.41, 5.74) is 0. The van der Waals surface area contributed by atoms with Gasteiger partial charge in [-0.3, -0.25) is 4.79 Å². The van der Waals surface area contributed by atoms with Gasteiger partial charge in [0, 0.05) is 19.7 Å². The third kappa shape index (κ3) is 5.04. The normalized spacial score (nSPS) is 21.3. The second-order valence-electron chi connectivity index (χ2n) is 5.10. The summed E-state index contributed by atoms with van der Waals surface area (Å²) in [6.07, 6.45) is 3.14. The number of carbonyl (C=O) groups excluding carboxylic acids is 1. The molecular formula is C13H26N2O2. The number of nitrogens with zero attached hydrogens (tertiary/aromatic N) is 1. The van der Waals surface area contributed by atoms with Crippen LogP contribution in [-0.2, 0) is 9.53 Å². The first kappa shape index (κ1) is 14.5. The van der Waals surface area contributed by atoms with Gasteiger partial charge in [-0.1, -0.05) is 13.8 Å². The summed E-state index contributed by atoms with van der Waals surface area (Å²) in [6, 6.07) is 0.0133. The number of likely N-dealkylation sites (tertiary alicyclic amines) is 1. The molecule has 1 heterocycles. The third-order valence-electron chi connectivity index (χ3n) is 3.22. The molecule has 0 aromatic heterocycles. The summed E-state index contributed by atoms with van der Waals surface area (Å²) in [5.74, 6) is 0.909. The topological polar surface area (TPSA) is 41.6 Å². The SMILES string of the molecule is CNC1CCCN(CCOCCC(C)C)C1=O. The van der Waals surface area contributed by atoms with Crippen molar-refractivity contribution in [3.05, 3.63) is 0 Å². The van der Waals surface area contributed by atoms with Gasteiger partial charge < -0.3 is 15.0 Å². The minimum atomic E-state index is 0.0133. The summed E-state index contributed by atoms with van der Waals surface area (Å²) in [4.78, 5) is 13.9. The molecule has 1 unspecified atom stereocenters. The van der Waals surface area contributed by atoms with Crippen molar-refractivity contribution in [2.24, 2.45) is 5.92 Å². The van der Waals surface area contributed by atoms with Crippen LogP contribution in [0.2, 0.25) is 0 Å². The molecule has 0 saturated carbocycles. The van der Waals surface area contributed by atoms with Crippen molar-refractivity contribution >= 4 is 5.91 Å². The molecule has 0 radical (unpaired) electrons. The van der Waals surface area contributed by atoms with E-state index < -0.39 is 0 Å². The molecule has 1 rings (SSSR count). The molecule has 17 heavy (non-hydrogen) atoms. The quantitative estimate of drug-likeness (QED) is 0.683. The second-order valence-corrected chi connectivity index (χ2v) is 5.10. The molecular weight excluding hydrogens is 216 g/mol. The molecule has 0 spiro atoms. The first-order valence-corrected chi connectivity index (χ1v) is 6.69. The van der Waals surface area contributed by atoms with E-state index in [2.05, 4.69) is 19.2 Å². The van der Waals surface area contributed by atoms with Gasteiger partial charge in [0.2, 0.25) is 5.91 Å². The molecule has 0 bridgehead atoms. The molecule has 0 aromatic carbocycles. The average molecular weight is 242 g/mol. The highest BCUT2D eigenvalue weighted by atomic mass is 16.5. The van der Waals surface area contributed by atoms with Gasteiger partial charge in [0.05, 0.1) is 12.6 Å². The lowest BCUT2D eigenvalue weighted by Gasteiger charge is -2.32. The van der Waals surface area contributed by atoms with E-state index in [1.165, 1.54) is 0 Å². The predicted octanol–water partition coefficient (Wildman–Crippen LogP) is 1.26. The lowest BCUT2D eigenvalue weighted by Crippen LogP contribution is -2.50. The first-order chi connectivity index (χ1) is 8.15. The van der Waals surface area contributed by atoms with Crippen LogP contribution in [0.4, 0.5) is 0 Å². The highest BCUT2D eigenvalue weighted by molar-refractivity contribution is 5.82. The molecule has 100 valence electrons. The van der Waals surface area contributed by atoms with Gasteiger partial charge in [0.1, 0.15) is 0 Å². The van der Waals surface area contributed by atoms with E-state index in [9.17, 15) is 4.79 Å². The highest BCUT2D eigenvalue weighted by Crippen LogP contribution is 2.11. The largest absolute Gasteiger partial charge is 0.380 e. The van der Waals surface area contributed by atoms with Gasteiger partial charge in [-0.05, 0) is 32.2 Å². The van der Waals surface area contributed by atoms with E-state index in [4.69, 9.17) is 4.74 Å². The maximum Gasteiger partial charge on any atom is 0.239 e. The Morgan fingerprint density at radius 2 is 2.24 bits per heavy atom. The van der Waals surface area contributed by atoms with E-state index >= 15 is 0 Å². The number of amides is 1. The molecule has 1 atom stereocenters. The standard InChI is InChI=1S/C13H26N2O2/c1-11(2)6-9-17-10-8-15-7-4-5-12(14-3)13(15)16/h11-12,14H,4-10H2,1-3H3. The Kier molecular flexibility index (Phi) is 6.52. The van der Waals surface area contributed by atoms with Crippen LogP contribution in [0, 0.1) is 5.92 Å². The average Bonchev–Trinajstić information content (AvgIpc) is 2.30. The number of ether oxygens (including phenoxy) is 1. The van der Waals surface area contributed by atoms with E-state index in [0.29, 0.717) is 12.5 Å². The van der Waals surface area contributed by atoms with Crippen molar-refractivity contribution in [3.8, 4) is 0 Å². The van der Waals surface area contributed by atoms with Crippen molar-refractivity contribution in [2.75, 3.05) is 33.4 Å². The maximum atomic E-state index is 11.9. The summed E-state index contributed by atoms with van der Waals surface area (Å²) < 4.78 is 5.55.